The molecular weight excluding hydrogens is 326 g/mol. The van der Waals surface area contributed by atoms with Crippen molar-refractivity contribution in [2.75, 3.05) is 13.7 Å². The Balaban J connectivity index is 1.67. The normalized spacial score (nSPS) is 11.5. The molecule has 0 radical (unpaired) electrons. The molecule has 1 N–H and O–H groups in total. The van der Waals surface area contributed by atoms with Gasteiger partial charge in [0.15, 0.2) is 18.1 Å². The van der Waals surface area contributed by atoms with Crippen LogP contribution < -0.4 is 19.7 Å². The Kier molecular flexibility index (Phi) is 4.81. The second-order valence-corrected chi connectivity index (χ2v) is 6.01. The Bertz CT molecular complexity index is 930. The molecular formula is C17H17N3O3S. The maximum atomic E-state index is 11.9. The van der Waals surface area contributed by atoms with E-state index in [4.69, 9.17) is 9.47 Å². The molecule has 0 aliphatic rings. The van der Waals surface area contributed by atoms with E-state index in [0.717, 1.165) is 10.2 Å². The van der Waals surface area contributed by atoms with Crippen LogP contribution in [-0.4, -0.2) is 24.2 Å². The number of nitrogens with zero attached hydrogens (tertiary/aromatic N) is 2. The van der Waals surface area contributed by atoms with Gasteiger partial charge in [0, 0.05) is 7.05 Å². The van der Waals surface area contributed by atoms with Crippen molar-refractivity contribution in [3.8, 4) is 11.5 Å². The third-order valence-electron chi connectivity index (χ3n) is 3.42. The summed E-state index contributed by atoms with van der Waals surface area (Å²) < 4.78 is 13.7. The lowest BCUT2D eigenvalue weighted by atomic mass is 10.3. The number of para-hydroxylation sites is 3. The number of amides is 1. The molecule has 0 aliphatic heterocycles. The summed E-state index contributed by atoms with van der Waals surface area (Å²) in [6, 6.07) is 15.1. The average Bonchev–Trinajstić information content (AvgIpc) is 2.94. The molecule has 3 rings (SSSR count). The predicted octanol–water partition coefficient (Wildman–Crippen LogP) is 2.26. The van der Waals surface area contributed by atoms with E-state index in [1.165, 1.54) is 11.3 Å². The first-order valence-electron chi connectivity index (χ1n) is 7.32. The van der Waals surface area contributed by atoms with E-state index < -0.39 is 0 Å². The number of aromatic nitrogens is 1. The molecule has 24 heavy (non-hydrogen) atoms. The highest BCUT2D eigenvalue weighted by Gasteiger charge is 2.07. The standard InChI is InChI=1S/C17H17N3O3S/c1-20-12-7-3-6-10-15(12)24-17(20)19-18-16(21)11-23-14-9-5-4-8-13(14)22-2/h3-10H,11H2,1-2H3,(H,18,21)/b19-17-. The summed E-state index contributed by atoms with van der Waals surface area (Å²) in [7, 11) is 3.47. The highest BCUT2D eigenvalue weighted by molar-refractivity contribution is 7.16. The number of benzene rings is 2. The first-order valence-corrected chi connectivity index (χ1v) is 8.13. The van der Waals surface area contributed by atoms with Gasteiger partial charge in [-0.15, -0.1) is 5.10 Å². The van der Waals surface area contributed by atoms with E-state index in [-0.39, 0.29) is 12.5 Å². The molecule has 124 valence electrons. The van der Waals surface area contributed by atoms with Crippen molar-refractivity contribution < 1.29 is 14.3 Å². The number of rotatable bonds is 5. The smallest absolute Gasteiger partial charge is 0.278 e. The van der Waals surface area contributed by atoms with Crippen molar-refractivity contribution >= 4 is 27.5 Å². The number of nitrogens with one attached hydrogen (secondary N) is 1. The number of carbonyl (C=O) groups excluding carboxylic acids is 1. The fourth-order valence-electron chi connectivity index (χ4n) is 2.21. The van der Waals surface area contributed by atoms with Gasteiger partial charge in [-0.25, -0.2) is 5.43 Å². The van der Waals surface area contributed by atoms with Crippen LogP contribution >= 0.6 is 11.3 Å². The first-order chi connectivity index (χ1) is 11.7. The molecule has 0 aliphatic carbocycles. The molecule has 0 saturated heterocycles. The molecule has 3 aromatic rings. The zero-order chi connectivity index (χ0) is 16.9. The van der Waals surface area contributed by atoms with Crippen molar-refractivity contribution in [1.82, 2.24) is 9.99 Å². The second-order valence-electron chi connectivity index (χ2n) is 5.00. The number of hydrogen-bond donors (Lipinski definition) is 1. The molecule has 0 spiro atoms. The van der Waals surface area contributed by atoms with Gasteiger partial charge in [0.1, 0.15) is 0 Å². The molecule has 1 heterocycles. The Morgan fingerprint density at radius 1 is 1.17 bits per heavy atom. The maximum Gasteiger partial charge on any atom is 0.278 e. The van der Waals surface area contributed by atoms with Crippen LogP contribution in [0.4, 0.5) is 0 Å². The van der Waals surface area contributed by atoms with Gasteiger partial charge in [0.05, 0.1) is 17.3 Å². The van der Waals surface area contributed by atoms with Crippen LogP contribution in [0.3, 0.4) is 0 Å². The fraction of sp³-hybridized carbons (Fsp3) is 0.176. The minimum atomic E-state index is -0.335. The molecule has 0 fully saturated rings. The van der Waals surface area contributed by atoms with Gasteiger partial charge in [-0.1, -0.05) is 35.6 Å². The van der Waals surface area contributed by atoms with Crippen molar-refractivity contribution in [3.05, 3.63) is 53.3 Å². The van der Waals surface area contributed by atoms with Crippen molar-refractivity contribution in [3.63, 3.8) is 0 Å². The number of hydrogen-bond acceptors (Lipinski definition) is 5. The Labute approximate surface area is 143 Å². The third kappa shape index (κ3) is 3.41. The Hall–Kier alpha value is -2.80. The van der Waals surface area contributed by atoms with Gasteiger partial charge in [0.2, 0.25) is 4.80 Å². The minimum absolute atomic E-state index is 0.140. The van der Waals surface area contributed by atoms with Gasteiger partial charge in [-0.2, -0.15) is 0 Å². The molecule has 1 aromatic heterocycles. The monoisotopic (exact) mass is 343 g/mol. The number of methoxy groups -OCH3 is 1. The molecule has 0 unspecified atom stereocenters. The molecule has 2 aromatic carbocycles. The lowest BCUT2D eigenvalue weighted by Gasteiger charge is -2.09. The largest absolute Gasteiger partial charge is 0.493 e. The second kappa shape index (κ2) is 7.18. The molecule has 0 bridgehead atoms. The van der Waals surface area contributed by atoms with Gasteiger partial charge in [-0.05, 0) is 24.3 Å². The Morgan fingerprint density at radius 2 is 1.88 bits per heavy atom. The van der Waals surface area contributed by atoms with E-state index in [0.29, 0.717) is 16.3 Å². The fourth-order valence-corrected chi connectivity index (χ4v) is 3.19. The highest BCUT2D eigenvalue weighted by atomic mass is 32.1. The number of thiazole rings is 1. The van der Waals surface area contributed by atoms with Crippen molar-refractivity contribution in [1.29, 1.82) is 0 Å². The van der Waals surface area contributed by atoms with E-state index in [1.54, 1.807) is 19.2 Å². The first kappa shape index (κ1) is 16.1. The molecule has 0 atom stereocenters. The van der Waals surface area contributed by atoms with Gasteiger partial charge in [-0.3, -0.25) is 4.79 Å². The van der Waals surface area contributed by atoms with E-state index in [9.17, 15) is 4.79 Å². The Morgan fingerprint density at radius 3 is 2.62 bits per heavy atom. The lowest BCUT2D eigenvalue weighted by molar-refractivity contribution is -0.123. The van der Waals surface area contributed by atoms with Crippen LogP contribution in [0.1, 0.15) is 0 Å². The lowest BCUT2D eigenvalue weighted by Crippen LogP contribution is -2.27. The summed E-state index contributed by atoms with van der Waals surface area (Å²) >= 11 is 1.51. The molecule has 1 amide bonds. The summed E-state index contributed by atoms with van der Waals surface area (Å²) in [5.41, 5.74) is 3.59. The quantitative estimate of drug-likeness (QED) is 0.723. The van der Waals surface area contributed by atoms with Crippen LogP contribution in [0.2, 0.25) is 0 Å². The zero-order valence-corrected chi connectivity index (χ0v) is 14.2. The van der Waals surface area contributed by atoms with E-state index >= 15 is 0 Å². The van der Waals surface area contributed by atoms with Gasteiger partial charge < -0.3 is 14.0 Å². The minimum Gasteiger partial charge on any atom is -0.493 e. The van der Waals surface area contributed by atoms with Crippen molar-refractivity contribution in [2.45, 2.75) is 0 Å². The SMILES string of the molecule is COc1ccccc1OCC(=O)N/N=c1\sc2ccccc2n1C. The predicted molar refractivity (Wildman–Crippen MR) is 93.0 cm³/mol. The summed E-state index contributed by atoms with van der Waals surface area (Å²) in [5, 5.41) is 4.17. The summed E-state index contributed by atoms with van der Waals surface area (Å²) in [4.78, 5) is 12.7. The van der Waals surface area contributed by atoms with Crippen LogP contribution in [0.5, 0.6) is 11.5 Å². The molecule has 0 saturated carbocycles. The van der Waals surface area contributed by atoms with E-state index in [1.807, 2.05) is 48.0 Å². The average molecular weight is 343 g/mol. The van der Waals surface area contributed by atoms with Gasteiger partial charge >= 0.3 is 0 Å². The van der Waals surface area contributed by atoms with Crippen LogP contribution in [0, 0.1) is 0 Å². The molecule has 6 nitrogen and oxygen atoms in total. The van der Waals surface area contributed by atoms with Crippen molar-refractivity contribution in [2.24, 2.45) is 12.1 Å². The maximum absolute atomic E-state index is 11.9. The van der Waals surface area contributed by atoms with Crippen LogP contribution in [0.25, 0.3) is 10.2 Å². The van der Waals surface area contributed by atoms with E-state index in [2.05, 4.69) is 10.5 Å². The third-order valence-corrected chi connectivity index (χ3v) is 4.53. The topological polar surface area (TPSA) is 64.8 Å². The number of carbonyl (C=O) groups is 1. The highest BCUT2D eigenvalue weighted by Crippen LogP contribution is 2.25. The number of ether oxygens (including phenoxy) is 2. The summed E-state index contributed by atoms with van der Waals surface area (Å²) in [6.07, 6.45) is 0. The summed E-state index contributed by atoms with van der Waals surface area (Å²) in [5.74, 6) is 0.763. The van der Waals surface area contributed by atoms with Crippen LogP contribution in [-0.2, 0) is 11.8 Å². The zero-order valence-electron chi connectivity index (χ0n) is 13.4. The number of fused-ring (bicyclic) bond motifs is 1. The van der Waals surface area contributed by atoms with Crippen LogP contribution in [0.15, 0.2) is 53.6 Å². The number of aryl methyl sites for hydroxylation is 1. The van der Waals surface area contributed by atoms with Gasteiger partial charge in [0.25, 0.3) is 5.91 Å². The summed E-state index contributed by atoms with van der Waals surface area (Å²) in [6.45, 7) is -0.140. The molecule has 7 heteroatoms.